The molecule has 0 heterocycles. The number of hydrogen-bond donors (Lipinski definition) is 0. The highest BCUT2D eigenvalue weighted by molar-refractivity contribution is 9.09. The third-order valence-electron chi connectivity index (χ3n) is 0.422. The minimum atomic E-state index is -2.22. The molecule has 0 saturated heterocycles. The van der Waals surface area contributed by atoms with Crippen LogP contribution in [-0.4, -0.2) is 5.28 Å². The van der Waals surface area contributed by atoms with Crippen molar-refractivity contribution in [3.05, 3.63) is 0 Å². The molecule has 0 N–H and O–H groups in total. The van der Waals surface area contributed by atoms with Crippen molar-refractivity contribution in [2.45, 2.75) is 19.7 Å². The summed E-state index contributed by atoms with van der Waals surface area (Å²) in [5, 5.41) is -1.97. The van der Waals surface area contributed by atoms with Gasteiger partial charge in [0.05, 0.1) is 17.1 Å². The van der Waals surface area contributed by atoms with E-state index in [1.165, 1.54) is 6.92 Å². The van der Waals surface area contributed by atoms with Crippen LogP contribution in [0.5, 0.6) is 0 Å². The Kier molecular flexibility index (Phi) is 2.27. The van der Waals surface area contributed by atoms with Gasteiger partial charge in [0.2, 0.25) is 0 Å². The van der Waals surface area contributed by atoms with E-state index in [2.05, 4.69) is 21.9 Å². The van der Waals surface area contributed by atoms with E-state index in [1.54, 1.807) is 0 Å². The Morgan fingerprint density at radius 1 is 1.33 bits per heavy atom. The van der Waals surface area contributed by atoms with Crippen molar-refractivity contribution >= 4 is 15.9 Å². The van der Waals surface area contributed by atoms with Crippen LogP contribution in [0.3, 0.4) is 0 Å². The van der Waals surface area contributed by atoms with Crippen LogP contribution in [-0.2, 0) is 0 Å². The van der Waals surface area contributed by atoms with Crippen molar-refractivity contribution in [2.24, 2.45) is 0 Å². The van der Waals surface area contributed by atoms with Gasteiger partial charge in [-0.15, -0.1) is 5.92 Å². The lowest BCUT2D eigenvalue weighted by molar-refractivity contribution is 1.27. The molecule has 0 unspecified atom stereocenters. The summed E-state index contributed by atoms with van der Waals surface area (Å²) < 4.78 is 42.6. The molecule has 0 bridgehead atoms. The van der Waals surface area contributed by atoms with Crippen LogP contribution in [0.1, 0.15) is 27.9 Å². The zero-order valence-corrected chi connectivity index (χ0v) is 6.46. The van der Waals surface area contributed by atoms with Crippen LogP contribution in [0.15, 0.2) is 0 Å². The van der Waals surface area contributed by atoms with Crippen molar-refractivity contribution in [1.82, 2.24) is 0 Å². The number of alkyl halides is 1. The van der Waals surface area contributed by atoms with Crippen LogP contribution in [0.2, 0.25) is 0 Å². The zero-order chi connectivity index (χ0) is 12.3. The molecule has 0 rings (SSSR count). The highest BCUT2D eigenvalue weighted by atomic mass is 79.9. The summed E-state index contributed by atoms with van der Waals surface area (Å²) in [5.74, 6) is 8.08. The summed E-state index contributed by atoms with van der Waals surface area (Å²) in [6, 6.07) is 0. The number of rotatable bonds is 0. The van der Waals surface area contributed by atoms with Crippen molar-refractivity contribution in [3.8, 4) is 23.7 Å². The van der Waals surface area contributed by atoms with Crippen LogP contribution in [0, 0.1) is 23.7 Å². The molecule has 1 heteroatoms. The van der Waals surface area contributed by atoms with Crippen LogP contribution in [0.4, 0.5) is 0 Å². The molecule has 0 amide bonds. The molecule has 0 aromatic rings. The summed E-state index contributed by atoms with van der Waals surface area (Å²) in [7, 11) is 0. The van der Waals surface area contributed by atoms with Gasteiger partial charge in [-0.1, -0.05) is 40.6 Å². The summed E-state index contributed by atoms with van der Waals surface area (Å²) in [5.41, 5.74) is 0. The molecule has 0 nitrogen and oxygen atoms in total. The lowest BCUT2D eigenvalue weighted by Crippen LogP contribution is -1.62. The largest absolute Gasteiger partial charge is 0.103 e. The molecule has 0 spiro atoms. The van der Waals surface area contributed by atoms with E-state index in [9.17, 15) is 0 Å². The fourth-order valence-corrected chi connectivity index (χ4v) is 0.279. The van der Waals surface area contributed by atoms with E-state index in [0.29, 0.717) is 0 Å². The van der Waals surface area contributed by atoms with Crippen LogP contribution in [0.25, 0.3) is 0 Å². The van der Waals surface area contributed by atoms with Gasteiger partial charge in [-0.05, 0) is 0 Å². The van der Waals surface area contributed by atoms with Crippen molar-refractivity contribution in [2.75, 3.05) is 5.28 Å². The SMILES string of the molecule is [2H]C([2H])(C)C#CC([2H])([2H])C#CC([2H])([2H])Br. The number of halogens is 1. The third kappa shape index (κ3) is 7.60. The molecule has 0 aliphatic heterocycles. The maximum Gasteiger partial charge on any atom is 0.0702 e. The van der Waals surface area contributed by atoms with Gasteiger partial charge < -0.3 is 0 Å². The second-order valence-corrected chi connectivity index (χ2v) is 1.37. The Morgan fingerprint density at radius 2 is 2.00 bits per heavy atom. The minimum Gasteiger partial charge on any atom is -0.103 e. The highest BCUT2D eigenvalue weighted by Crippen LogP contribution is 1.76. The summed E-state index contributed by atoms with van der Waals surface area (Å²) in [6.45, 7) is 1.20. The van der Waals surface area contributed by atoms with Gasteiger partial charge >= 0.3 is 0 Å². The predicted molar refractivity (Wildman–Crippen MR) is 44.3 cm³/mol. The first-order valence-corrected chi connectivity index (χ1v) is 2.98. The second kappa shape index (κ2) is 7.60. The quantitative estimate of drug-likeness (QED) is 0.406. The number of hydrogen-bond acceptors (Lipinski definition) is 0. The van der Waals surface area contributed by atoms with Gasteiger partial charge in [0.25, 0.3) is 0 Å². The van der Waals surface area contributed by atoms with E-state index in [-0.39, 0.29) is 0 Å². The van der Waals surface area contributed by atoms with E-state index in [4.69, 9.17) is 8.22 Å². The maximum absolute atomic E-state index is 7.25. The predicted octanol–water partition coefficient (Wildman–Crippen LogP) is 2.19. The molecular formula is C8H9Br. The van der Waals surface area contributed by atoms with Gasteiger partial charge in [0.1, 0.15) is 0 Å². The average molecular weight is 191 g/mol. The molecular weight excluding hydrogens is 176 g/mol. The first kappa shape index (κ1) is 2.69. The van der Waals surface area contributed by atoms with Gasteiger partial charge in [0, 0.05) is 9.11 Å². The van der Waals surface area contributed by atoms with Crippen LogP contribution < -0.4 is 0 Å². The standard InChI is InChI=1S/C8H9Br/c1-2-3-4-5-6-7-8-9/h2,5,8H2,1H3/i2D2,5D2,8D2. The van der Waals surface area contributed by atoms with Crippen molar-refractivity contribution in [3.63, 3.8) is 0 Å². The van der Waals surface area contributed by atoms with Crippen LogP contribution >= 0.6 is 15.9 Å². The second-order valence-electron chi connectivity index (χ2n) is 0.969. The fraction of sp³-hybridized carbons (Fsp3) is 0.500. The van der Waals surface area contributed by atoms with Crippen molar-refractivity contribution in [1.29, 1.82) is 0 Å². The fourth-order valence-electron chi connectivity index (χ4n) is 0.180. The molecule has 0 atom stereocenters. The maximum atomic E-state index is 7.25. The molecule has 0 aromatic carbocycles. The average Bonchev–Trinajstić information content (AvgIpc) is 1.96. The highest BCUT2D eigenvalue weighted by Gasteiger charge is 1.64. The van der Waals surface area contributed by atoms with Gasteiger partial charge in [-0.2, -0.15) is 0 Å². The normalized spacial score (nSPS) is 21.1. The Labute approximate surface area is 73.6 Å². The zero-order valence-electron chi connectivity index (χ0n) is 10.9. The molecule has 0 aromatic heterocycles. The van der Waals surface area contributed by atoms with E-state index < -0.39 is 18.0 Å². The lowest BCUT2D eigenvalue weighted by atomic mass is 10.4. The molecule has 48 valence electrons. The third-order valence-corrected chi connectivity index (χ3v) is 0.620. The Hall–Kier alpha value is -0.400. The summed E-state index contributed by atoms with van der Waals surface area (Å²) >= 11 is 2.59. The Balaban J connectivity index is 4.82. The van der Waals surface area contributed by atoms with Gasteiger partial charge in [-0.25, -0.2) is 0 Å². The van der Waals surface area contributed by atoms with Gasteiger partial charge in [-0.3, -0.25) is 0 Å². The lowest BCUT2D eigenvalue weighted by Gasteiger charge is -1.70. The first-order chi connectivity index (χ1) is 6.41. The van der Waals surface area contributed by atoms with E-state index in [0.717, 1.165) is 0 Å². The topological polar surface area (TPSA) is 0 Å². The van der Waals surface area contributed by atoms with E-state index >= 15 is 0 Å². The summed E-state index contributed by atoms with van der Waals surface area (Å²) in [4.78, 5) is 0. The molecule has 0 radical (unpaired) electrons. The van der Waals surface area contributed by atoms with Gasteiger partial charge in [0.15, 0.2) is 0 Å². The molecule has 0 aliphatic carbocycles. The smallest absolute Gasteiger partial charge is 0.0702 e. The van der Waals surface area contributed by atoms with E-state index in [1.807, 2.05) is 17.8 Å². The molecule has 9 heavy (non-hydrogen) atoms. The molecule has 0 fully saturated rings. The summed E-state index contributed by atoms with van der Waals surface area (Å²) in [6.07, 6.45) is -4.01. The molecule has 0 saturated carbocycles. The first-order valence-electron chi connectivity index (χ1n) is 5.19. The van der Waals surface area contributed by atoms with Crippen molar-refractivity contribution < 1.29 is 8.22 Å². The monoisotopic (exact) mass is 190 g/mol. The molecule has 0 aliphatic rings. The Bertz CT molecular complexity index is 306. The minimum absolute atomic E-state index is 1.20. The Morgan fingerprint density at radius 3 is 2.56 bits per heavy atom.